The first-order valence-corrected chi connectivity index (χ1v) is 8.62. The van der Waals surface area contributed by atoms with Crippen LogP contribution in [0.3, 0.4) is 0 Å². The lowest BCUT2D eigenvalue weighted by Gasteiger charge is -2.30. The Morgan fingerprint density at radius 1 is 1.33 bits per heavy atom. The summed E-state index contributed by atoms with van der Waals surface area (Å²) in [6.07, 6.45) is 9.75. The molecule has 4 rings (SSSR count). The van der Waals surface area contributed by atoms with Crippen LogP contribution in [0.15, 0.2) is 18.5 Å². The Morgan fingerprint density at radius 3 is 2.92 bits per heavy atom. The van der Waals surface area contributed by atoms with Crippen molar-refractivity contribution in [3.8, 4) is 6.07 Å². The fourth-order valence-electron chi connectivity index (χ4n) is 4.11. The molecule has 0 spiro atoms. The minimum Gasteiger partial charge on any atom is -0.388 e. The van der Waals surface area contributed by atoms with Crippen molar-refractivity contribution in [2.45, 2.75) is 51.2 Å². The molecule has 2 N–H and O–H groups in total. The summed E-state index contributed by atoms with van der Waals surface area (Å²) in [4.78, 5) is 12.2. The smallest absolute Gasteiger partial charge is 0.139 e. The topological polar surface area (TPSA) is 90.5 Å². The SMILES string of the molecule is N#CCCC1CCC(n2c(CO)nc3cnc4[nH]ccc4c32)CC1. The van der Waals surface area contributed by atoms with Crippen LogP contribution < -0.4 is 0 Å². The van der Waals surface area contributed by atoms with E-state index in [1.165, 1.54) is 0 Å². The van der Waals surface area contributed by atoms with Gasteiger partial charge in [-0.15, -0.1) is 0 Å². The number of aromatic amines is 1. The molecule has 0 saturated heterocycles. The molecular weight excluding hydrogens is 302 g/mol. The first-order valence-electron chi connectivity index (χ1n) is 8.62. The molecule has 6 heteroatoms. The number of imidazole rings is 1. The number of pyridine rings is 1. The largest absolute Gasteiger partial charge is 0.388 e. The van der Waals surface area contributed by atoms with E-state index in [0.29, 0.717) is 18.4 Å². The maximum atomic E-state index is 9.79. The molecule has 1 fully saturated rings. The molecule has 24 heavy (non-hydrogen) atoms. The second-order valence-corrected chi connectivity index (χ2v) is 6.66. The van der Waals surface area contributed by atoms with E-state index in [0.717, 1.165) is 60.0 Å². The third-order valence-electron chi connectivity index (χ3n) is 5.29. The highest BCUT2D eigenvalue weighted by atomic mass is 16.3. The summed E-state index contributed by atoms with van der Waals surface area (Å²) in [5.41, 5.74) is 2.78. The summed E-state index contributed by atoms with van der Waals surface area (Å²) in [7, 11) is 0. The van der Waals surface area contributed by atoms with Gasteiger partial charge in [-0.1, -0.05) is 0 Å². The normalized spacial score (nSPS) is 21.3. The van der Waals surface area contributed by atoms with E-state index in [4.69, 9.17) is 5.26 Å². The summed E-state index contributed by atoms with van der Waals surface area (Å²) in [5.74, 6) is 1.38. The lowest BCUT2D eigenvalue weighted by molar-refractivity contribution is 0.235. The quantitative estimate of drug-likeness (QED) is 0.769. The lowest BCUT2D eigenvalue weighted by atomic mass is 9.83. The summed E-state index contributed by atoms with van der Waals surface area (Å²) in [5, 5.41) is 19.6. The molecule has 3 aromatic rings. The highest BCUT2D eigenvalue weighted by Gasteiger charge is 2.26. The number of hydrogen-bond acceptors (Lipinski definition) is 4. The maximum absolute atomic E-state index is 9.79. The van der Waals surface area contributed by atoms with Crippen molar-refractivity contribution in [1.29, 1.82) is 5.26 Å². The van der Waals surface area contributed by atoms with Gasteiger partial charge in [0.05, 0.1) is 17.8 Å². The van der Waals surface area contributed by atoms with Gasteiger partial charge in [0.2, 0.25) is 0 Å². The molecule has 1 aliphatic carbocycles. The molecule has 3 aromatic heterocycles. The Hall–Kier alpha value is -2.39. The van der Waals surface area contributed by atoms with Crippen LogP contribution in [0.1, 0.15) is 50.4 Å². The molecule has 6 nitrogen and oxygen atoms in total. The van der Waals surface area contributed by atoms with Crippen LogP contribution in [0.25, 0.3) is 22.1 Å². The van der Waals surface area contributed by atoms with Crippen molar-refractivity contribution < 1.29 is 5.11 Å². The summed E-state index contributed by atoms with van der Waals surface area (Å²) >= 11 is 0. The van der Waals surface area contributed by atoms with E-state index < -0.39 is 0 Å². The van der Waals surface area contributed by atoms with Crippen LogP contribution in [0.2, 0.25) is 0 Å². The minimum absolute atomic E-state index is 0.0606. The monoisotopic (exact) mass is 323 g/mol. The Balaban J connectivity index is 1.71. The van der Waals surface area contributed by atoms with Crippen LogP contribution in [-0.2, 0) is 6.61 Å². The fourth-order valence-corrected chi connectivity index (χ4v) is 4.11. The van der Waals surface area contributed by atoms with Crippen LogP contribution in [0, 0.1) is 17.2 Å². The predicted octanol–water partition coefficient (Wildman–Crippen LogP) is 3.44. The average molecular weight is 323 g/mol. The van der Waals surface area contributed by atoms with Crippen molar-refractivity contribution >= 4 is 22.1 Å². The molecule has 3 heterocycles. The standard InChI is InChI=1S/C18H21N5O/c19-8-1-2-12-3-5-13(6-4-12)23-16(11-24)22-15-10-21-18-14(17(15)23)7-9-20-18/h7,9-10,12-13,24H,1-6,11H2,(H,20,21). The second-order valence-electron chi connectivity index (χ2n) is 6.66. The molecule has 0 unspecified atom stereocenters. The number of nitrogens with one attached hydrogen (secondary N) is 1. The highest BCUT2D eigenvalue weighted by molar-refractivity contribution is 6.01. The van der Waals surface area contributed by atoms with Crippen molar-refractivity contribution in [1.82, 2.24) is 19.5 Å². The molecule has 0 radical (unpaired) electrons. The van der Waals surface area contributed by atoms with Gasteiger partial charge in [0.1, 0.15) is 23.6 Å². The number of rotatable bonds is 4. The summed E-state index contributed by atoms with van der Waals surface area (Å²) < 4.78 is 2.23. The Kier molecular flexibility index (Phi) is 3.95. The number of fused-ring (bicyclic) bond motifs is 3. The van der Waals surface area contributed by atoms with Gasteiger partial charge in [0, 0.05) is 24.0 Å². The fraction of sp³-hybridized carbons (Fsp3) is 0.500. The van der Waals surface area contributed by atoms with Gasteiger partial charge in [-0.05, 0) is 44.1 Å². The van der Waals surface area contributed by atoms with E-state index in [-0.39, 0.29) is 6.61 Å². The van der Waals surface area contributed by atoms with E-state index in [2.05, 4.69) is 25.6 Å². The van der Waals surface area contributed by atoms with E-state index in [1.54, 1.807) is 6.20 Å². The van der Waals surface area contributed by atoms with Gasteiger partial charge in [0.15, 0.2) is 0 Å². The van der Waals surface area contributed by atoms with Crippen molar-refractivity contribution in [2.24, 2.45) is 5.92 Å². The molecule has 1 aliphatic rings. The molecule has 1 saturated carbocycles. The number of nitriles is 1. The van der Waals surface area contributed by atoms with Crippen LogP contribution in [0.4, 0.5) is 0 Å². The Morgan fingerprint density at radius 2 is 2.17 bits per heavy atom. The van der Waals surface area contributed by atoms with Gasteiger partial charge in [-0.3, -0.25) is 0 Å². The molecule has 0 atom stereocenters. The molecule has 0 bridgehead atoms. The van der Waals surface area contributed by atoms with Crippen LogP contribution in [-0.4, -0.2) is 24.6 Å². The van der Waals surface area contributed by atoms with Gasteiger partial charge in [-0.25, -0.2) is 9.97 Å². The number of H-pyrrole nitrogens is 1. The van der Waals surface area contributed by atoms with E-state index >= 15 is 0 Å². The molecule has 0 amide bonds. The number of nitrogens with zero attached hydrogens (tertiary/aromatic N) is 4. The molecule has 0 aromatic carbocycles. The van der Waals surface area contributed by atoms with Crippen LogP contribution >= 0.6 is 0 Å². The van der Waals surface area contributed by atoms with Crippen molar-refractivity contribution in [3.05, 3.63) is 24.3 Å². The number of aromatic nitrogens is 4. The Labute approximate surface area is 140 Å². The lowest BCUT2D eigenvalue weighted by Crippen LogP contribution is -2.20. The third kappa shape index (κ3) is 2.45. The van der Waals surface area contributed by atoms with Gasteiger partial charge >= 0.3 is 0 Å². The molecule has 124 valence electrons. The van der Waals surface area contributed by atoms with Gasteiger partial charge < -0.3 is 14.7 Å². The van der Waals surface area contributed by atoms with E-state index in [9.17, 15) is 5.11 Å². The Bertz CT molecular complexity index is 895. The summed E-state index contributed by atoms with van der Waals surface area (Å²) in [6, 6.07) is 4.64. The van der Waals surface area contributed by atoms with Gasteiger partial charge in [0.25, 0.3) is 0 Å². The number of aliphatic hydroxyl groups is 1. The predicted molar refractivity (Wildman–Crippen MR) is 91.1 cm³/mol. The number of aliphatic hydroxyl groups excluding tert-OH is 1. The van der Waals surface area contributed by atoms with E-state index in [1.807, 2.05) is 12.3 Å². The van der Waals surface area contributed by atoms with Gasteiger partial charge in [-0.2, -0.15) is 5.26 Å². The summed E-state index contributed by atoms with van der Waals surface area (Å²) in [6.45, 7) is -0.0606. The third-order valence-corrected chi connectivity index (χ3v) is 5.29. The average Bonchev–Trinajstić information content (AvgIpc) is 3.23. The first-order chi connectivity index (χ1) is 11.8. The maximum Gasteiger partial charge on any atom is 0.139 e. The molecule has 0 aliphatic heterocycles. The highest BCUT2D eigenvalue weighted by Crippen LogP contribution is 2.38. The minimum atomic E-state index is -0.0606. The van der Waals surface area contributed by atoms with Crippen molar-refractivity contribution in [2.75, 3.05) is 0 Å². The van der Waals surface area contributed by atoms with Crippen LogP contribution in [0.5, 0.6) is 0 Å². The second kappa shape index (κ2) is 6.25. The zero-order valence-corrected chi connectivity index (χ0v) is 13.6. The first kappa shape index (κ1) is 15.2. The zero-order valence-electron chi connectivity index (χ0n) is 13.6. The molecular formula is C18H21N5O. The van der Waals surface area contributed by atoms with Crippen molar-refractivity contribution in [3.63, 3.8) is 0 Å². The zero-order chi connectivity index (χ0) is 16.5. The number of hydrogen-bond donors (Lipinski definition) is 2.